The number of imidazole rings is 1. The highest BCUT2D eigenvalue weighted by molar-refractivity contribution is 5.26. The predicted molar refractivity (Wildman–Crippen MR) is 86.3 cm³/mol. The molecule has 3 nitrogen and oxygen atoms in total. The second-order valence-corrected chi connectivity index (χ2v) is 6.45. The summed E-state index contributed by atoms with van der Waals surface area (Å²) in [7, 11) is 0. The Morgan fingerprint density at radius 1 is 1.14 bits per heavy atom. The topological polar surface area (TPSA) is 29.9 Å². The third kappa shape index (κ3) is 3.35. The van der Waals surface area contributed by atoms with E-state index in [1.807, 2.05) is 12.5 Å². The lowest BCUT2D eigenvalue weighted by atomic mass is 9.99. The van der Waals surface area contributed by atoms with Crippen LogP contribution in [0.25, 0.3) is 0 Å². The van der Waals surface area contributed by atoms with Gasteiger partial charge in [-0.1, -0.05) is 38.1 Å². The zero-order valence-corrected chi connectivity index (χ0v) is 13.2. The second kappa shape index (κ2) is 6.02. The molecule has 1 aliphatic rings. The van der Waals surface area contributed by atoms with Gasteiger partial charge in [0.05, 0.1) is 12.0 Å². The van der Waals surface area contributed by atoms with Crippen molar-refractivity contribution in [3.05, 3.63) is 53.6 Å². The minimum atomic E-state index is 0.355. The highest BCUT2D eigenvalue weighted by Crippen LogP contribution is 2.35. The molecule has 3 heteroatoms. The second-order valence-electron chi connectivity index (χ2n) is 6.45. The van der Waals surface area contributed by atoms with Crippen molar-refractivity contribution in [3.63, 3.8) is 0 Å². The number of nitrogens with zero attached hydrogens (tertiary/aromatic N) is 2. The number of benzene rings is 1. The van der Waals surface area contributed by atoms with Crippen LogP contribution in [0, 0.1) is 0 Å². The standard InChI is InChI=1S/C18H25N3/c1-13(2)15-4-6-16(7-5-15)14(3)20-11-18-10-19-12-21(18)17-8-9-17/h4-7,10,12-14,17,20H,8-9,11H2,1-3H3. The van der Waals surface area contributed by atoms with E-state index in [0.29, 0.717) is 18.0 Å². The van der Waals surface area contributed by atoms with Gasteiger partial charge in [0, 0.05) is 24.8 Å². The van der Waals surface area contributed by atoms with E-state index in [4.69, 9.17) is 0 Å². The maximum absolute atomic E-state index is 4.29. The van der Waals surface area contributed by atoms with E-state index >= 15 is 0 Å². The molecule has 1 aromatic carbocycles. The summed E-state index contributed by atoms with van der Waals surface area (Å²) >= 11 is 0. The predicted octanol–water partition coefficient (Wildman–Crippen LogP) is 4.19. The van der Waals surface area contributed by atoms with Gasteiger partial charge in [0.1, 0.15) is 0 Å². The van der Waals surface area contributed by atoms with Gasteiger partial charge in [0.2, 0.25) is 0 Å². The molecule has 0 aliphatic heterocycles. The minimum absolute atomic E-state index is 0.355. The van der Waals surface area contributed by atoms with Gasteiger partial charge >= 0.3 is 0 Å². The Morgan fingerprint density at radius 2 is 1.81 bits per heavy atom. The van der Waals surface area contributed by atoms with E-state index in [2.05, 4.69) is 59.9 Å². The summed E-state index contributed by atoms with van der Waals surface area (Å²) in [5.41, 5.74) is 4.04. The van der Waals surface area contributed by atoms with Crippen molar-refractivity contribution in [1.82, 2.24) is 14.9 Å². The van der Waals surface area contributed by atoms with Gasteiger partial charge < -0.3 is 9.88 Å². The average Bonchev–Trinajstić information content (AvgIpc) is 3.23. The Labute approximate surface area is 127 Å². The molecule has 0 radical (unpaired) electrons. The maximum atomic E-state index is 4.29. The van der Waals surface area contributed by atoms with Gasteiger partial charge in [0.25, 0.3) is 0 Å². The zero-order chi connectivity index (χ0) is 14.8. The minimum Gasteiger partial charge on any atom is -0.330 e. The summed E-state index contributed by atoms with van der Waals surface area (Å²) in [5, 5.41) is 3.61. The lowest BCUT2D eigenvalue weighted by Gasteiger charge is -2.16. The lowest BCUT2D eigenvalue weighted by molar-refractivity contribution is 0.547. The van der Waals surface area contributed by atoms with Gasteiger partial charge in [-0.05, 0) is 36.8 Å². The quantitative estimate of drug-likeness (QED) is 0.861. The number of hydrogen-bond donors (Lipinski definition) is 1. The van der Waals surface area contributed by atoms with Gasteiger partial charge in [-0.3, -0.25) is 0 Å². The molecule has 1 fully saturated rings. The summed E-state index contributed by atoms with van der Waals surface area (Å²) in [4.78, 5) is 4.29. The first kappa shape index (κ1) is 14.3. The van der Waals surface area contributed by atoms with Crippen molar-refractivity contribution in [2.75, 3.05) is 0 Å². The van der Waals surface area contributed by atoms with Crippen molar-refractivity contribution in [3.8, 4) is 0 Å². The summed E-state index contributed by atoms with van der Waals surface area (Å²) in [6.45, 7) is 7.57. The molecule has 1 aromatic heterocycles. The van der Waals surface area contributed by atoms with Crippen molar-refractivity contribution in [2.45, 2.75) is 58.2 Å². The van der Waals surface area contributed by atoms with E-state index in [0.717, 1.165) is 6.54 Å². The van der Waals surface area contributed by atoms with Crippen LogP contribution in [0.3, 0.4) is 0 Å². The number of rotatable bonds is 6. The Balaban J connectivity index is 1.60. The van der Waals surface area contributed by atoms with Crippen molar-refractivity contribution < 1.29 is 0 Å². The van der Waals surface area contributed by atoms with E-state index < -0.39 is 0 Å². The number of hydrogen-bond acceptors (Lipinski definition) is 2. The fourth-order valence-electron chi connectivity index (χ4n) is 2.70. The van der Waals surface area contributed by atoms with Crippen LogP contribution in [0.4, 0.5) is 0 Å². The Morgan fingerprint density at radius 3 is 2.43 bits per heavy atom. The van der Waals surface area contributed by atoms with Crippen LogP contribution in [-0.2, 0) is 6.54 Å². The fraction of sp³-hybridized carbons (Fsp3) is 0.500. The van der Waals surface area contributed by atoms with Gasteiger partial charge in [-0.25, -0.2) is 4.98 Å². The van der Waals surface area contributed by atoms with E-state index in [-0.39, 0.29) is 0 Å². The van der Waals surface area contributed by atoms with E-state index in [1.165, 1.54) is 29.7 Å². The van der Waals surface area contributed by atoms with Crippen molar-refractivity contribution in [1.29, 1.82) is 0 Å². The molecular weight excluding hydrogens is 258 g/mol. The third-order valence-corrected chi connectivity index (χ3v) is 4.38. The van der Waals surface area contributed by atoms with Crippen molar-refractivity contribution >= 4 is 0 Å². The van der Waals surface area contributed by atoms with Crippen LogP contribution >= 0.6 is 0 Å². The maximum Gasteiger partial charge on any atom is 0.0951 e. The molecule has 1 N–H and O–H groups in total. The van der Waals surface area contributed by atoms with Crippen LogP contribution < -0.4 is 5.32 Å². The largest absolute Gasteiger partial charge is 0.330 e. The van der Waals surface area contributed by atoms with Gasteiger partial charge in [0.15, 0.2) is 0 Å². The SMILES string of the molecule is CC(C)c1ccc(C(C)NCc2cncn2C2CC2)cc1. The Hall–Kier alpha value is -1.61. The molecule has 0 spiro atoms. The Bertz CT molecular complexity index is 579. The first-order valence-corrected chi connectivity index (χ1v) is 7.99. The first-order valence-electron chi connectivity index (χ1n) is 7.99. The first-order chi connectivity index (χ1) is 10.1. The molecule has 1 atom stereocenters. The van der Waals surface area contributed by atoms with Crippen LogP contribution in [0.15, 0.2) is 36.8 Å². The monoisotopic (exact) mass is 283 g/mol. The molecule has 1 saturated carbocycles. The highest BCUT2D eigenvalue weighted by atomic mass is 15.1. The van der Waals surface area contributed by atoms with Crippen molar-refractivity contribution in [2.24, 2.45) is 0 Å². The molecule has 1 aliphatic carbocycles. The zero-order valence-electron chi connectivity index (χ0n) is 13.2. The number of nitrogens with one attached hydrogen (secondary N) is 1. The molecule has 0 bridgehead atoms. The highest BCUT2D eigenvalue weighted by Gasteiger charge is 2.25. The van der Waals surface area contributed by atoms with Crippen LogP contribution in [-0.4, -0.2) is 9.55 Å². The average molecular weight is 283 g/mol. The van der Waals surface area contributed by atoms with E-state index in [1.54, 1.807) is 0 Å². The number of aromatic nitrogens is 2. The normalized spacial score (nSPS) is 16.4. The molecular formula is C18H25N3. The Kier molecular flexibility index (Phi) is 4.11. The summed E-state index contributed by atoms with van der Waals surface area (Å²) in [6, 6.07) is 10.0. The third-order valence-electron chi connectivity index (χ3n) is 4.38. The molecule has 1 heterocycles. The smallest absolute Gasteiger partial charge is 0.0951 e. The van der Waals surface area contributed by atoms with Gasteiger partial charge in [-0.2, -0.15) is 0 Å². The summed E-state index contributed by atoms with van der Waals surface area (Å²) < 4.78 is 2.32. The van der Waals surface area contributed by atoms with Crippen LogP contribution in [0.5, 0.6) is 0 Å². The van der Waals surface area contributed by atoms with E-state index in [9.17, 15) is 0 Å². The molecule has 112 valence electrons. The van der Waals surface area contributed by atoms with Crippen LogP contribution in [0.1, 0.15) is 68.4 Å². The van der Waals surface area contributed by atoms with Crippen LogP contribution in [0.2, 0.25) is 0 Å². The lowest BCUT2D eigenvalue weighted by Crippen LogP contribution is -2.19. The molecule has 21 heavy (non-hydrogen) atoms. The summed E-state index contributed by atoms with van der Waals surface area (Å²) in [6.07, 6.45) is 6.56. The molecule has 0 amide bonds. The van der Waals surface area contributed by atoms with Gasteiger partial charge in [-0.15, -0.1) is 0 Å². The molecule has 2 aromatic rings. The molecule has 1 unspecified atom stereocenters. The molecule has 0 saturated heterocycles. The fourth-order valence-corrected chi connectivity index (χ4v) is 2.70. The summed E-state index contributed by atoms with van der Waals surface area (Å²) in [5.74, 6) is 0.593. The molecule has 3 rings (SSSR count).